The molecule has 78 heavy (non-hydrogen) atoms. The maximum atomic E-state index is 12.5. The van der Waals surface area contributed by atoms with Gasteiger partial charge < -0.3 is 59.6 Å². The number of anilines is 2. The second-order valence-corrected chi connectivity index (χ2v) is 26.0. The van der Waals surface area contributed by atoms with Gasteiger partial charge in [0.15, 0.2) is 0 Å². The lowest BCUT2D eigenvalue weighted by atomic mass is 9.76. The number of nitrogens with one attached hydrogen (secondary N) is 2. The first-order valence-corrected chi connectivity index (χ1v) is 29.2. The normalized spacial score (nSPS) is 23.1. The molecular weight excluding hydrogens is 1150 g/mol. The van der Waals surface area contributed by atoms with Gasteiger partial charge in [-0.05, 0) is 132 Å². The number of imidazole rings is 2. The van der Waals surface area contributed by atoms with Crippen molar-refractivity contribution in [3.8, 4) is 23.0 Å². The Hall–Kier alpha value is -5.13. The number of pyridine rings is 2. The molecule has 8 atom stereocenters. The first-order chi connectivity index (χ1) is 36.8. The van der Waals surface area contributed by atoms with E-state index in [1.165, 1.54) is 18.4 Å². The second kappa shape index (κ2) is 24.3. The number of amides is 2. The molecule has 8 heterocycles. The van der Waals surface area contributed by atoms with Gasteiger partial charge in [0.2, 0.25) is 31.9 Å². The Kier molecular flexibility index (Phi) is 18.4. The van der Waals surface area contributed by atoms with E-state index in [1.807, 2.05) is 82.8 Å². The van der Waals surface area contributed by atoms with Gasteiger partial charge in [-0.1, -0.05) is 56.4 Å². The molecule has 26 heteroatoms. The van der Waals surface area contributed by atoms with Gasteiger partial charge in [-0.3, -0.25) is 0 Å². The van der Waals surface area contributed by atoms with Crippen molar-refractivity contribution in [1.29, 1.82) is 0 Å². The molecule has 2 saturated carbocycles. The van der Waals surface area contributed by atoms with Gasteiger partial charge >= 0.3 is 19.3 Å². The summed E-state index contributed by atoms with van der Waals surface area (Å²) in [4.78, 5) is 48.7. The lowest BCUT2D eigenvalue weighted by molar-refractivity contribution is 0.0184. The molecule has 0 spiro atoms. The van der Waals surface area contributed by atoms with Crippen molar-refractivity contribution >= 4 is 90.2 Å². The van der Waals surface area contributed by atoms with Gasteiger partial charge in [0.05, 0.1) is 62.2 Å². The monoisotopic (exact) mass is 1230 g/mol. The molecule has 10 rings (SSSR count). The Morgan fingerprint density at radius 3 is 1.60 bits per heavy atom. The molecule has 4 fully saturated rings. The highest BCUT2D eigenvalue weighted by Crippen LogP contribution is 2.42. The van der Waals surface area contributed by atoms with Crippen LogP contribution in [0.2, 0.25) is 0 Å². The van der Waals surface area contributed by atoms with Crippen LogP contribution in [0.25, 0.3) is 21.2 Å². The zero-order chi connectivity index (χ0) is 56.5. The van der Waals surface area contributed by atoms with Gasteiger partial charge in [-0.25, -0.2) is 34.0 Å². The summed E-state index contributed by atoms with van der Waals surface area (Å²) in [5.74, 6) is 2.47. The number of nitrogens with zero attached hydrogens (tertiary/aromatic N) is 10. The number of fused-ring (bicyclic) bond motifs is 4. The Labute approximate surface area is 476 Å². The van der Waals surface area contributed by atoms with Crippen molar-refractivity contribution in [3.63, 3.8) is 0 Å². The van der Waals surface area contributed by atoms with Crippen LogP contribution >= 0.6 is 45.3 Å². The number of carbonyl (C=O) groups is 2. The van der Waals surface area contributed by atoms with Crippen molar-refractivity contribution in [2.45, 2.75) is 142 Å². The van der Waals surface area contributed by atoms with Crippen LogP contribution in [-0.2, 0) is 9.47 Å². The summed E-state index contributed by atoms with van der Waals surface area (Å²) in [5.41, 5.74) is 2.65. The van der Waals surface area contributed by atoms with Gasteiger partial charge in [0, 0.05) is 54.9 Å². The molecular formula is C52H74BIN12O10S2. The summed E-state index contributed by atoms with van der Waals surface area (Å²) in [6.45, 7) is 22.4. The van der Waals surface area contributed by atoms with E-state index in [0.717, 1.165) is 79.0 Å². The van der Waals surface area contributed by atoms with E-state index in [-0.39, 0.29) is 41.2 Å². The van der Waals surface area contributed by atoms with Crippen LogP contribution in [0.4, 0.5) is 19.9 Å². The first-order valence-electron chi connectivity index (χ1n) is 26.5. The maximum Gasteiger partial charge on any atom is 0.494 e. The highest BCUT2D eigenvalue weighted by Gasteiger charge is 2.47. The summed E-state index contributed by atoms with van der Waals surface area (Å²) < 4.78 is 26.1. The highest BCUT2D eigenvalue weighted by atomic mass is 127. The fourth-order valence-electron chi connectivity index (χ4n) is 10.6. The number of rotatable bonds is 10. The van der Waals surface area contributed by atoms with E-state index < -0.39 is 42.7 Å². The average Bonchev–Trinajstić information content (AvgIpc) is 4.35. The quantitative estimate of drug-likeness (QED) is 0.0633. The smallest absolute Gasteiger partial charge is 0.481 e. The van der Waals surface area contributed by atoms with Crippen molar-refractivity contribution in [2.24, 2.45) is 23.7 Å². The van der Waals surface area contributed by atoms with Crippen molar-refractivity contribution < 1.29 is 48.8 Å². The van der Waals surface area contributed by atoms with Crippen LogP contribution in [0.15, 0.2) is 36.7 Å². The minimum absolute atomic E-state index is 0.111. The van der Waals surface area contributed by atoms with E-state index in [0.29, 0.717) is 43.0 Å². The molecule has 6 aromatic heterocycles. The number of ether oxygens (including phenoxy) is 4. The number of aliphatic hydroxyl groups is 2. The number of aliphatic hydroxyl groups excluding tert-OH is 2. The number of methoxy groups -OCH3 is 2. The molecule has 424 valence electrons. The third-order valence-corrected chi connectivity index (χ3v) is 17.0. The molecule has 0 radical (unpaired) electrons. The predicted molar refractivity (Wildman–Crippen MR) is 308 cm³/mol. The van der Waals surface area contributed by atoms with Crippen LogP contribution in [0.3, 0.4) is 0 Å². The Balaban J connectivity index is 0.000000171. The molecule has 2 aliphatic heterocycles. The molecule has 2 saturated heterocycles. The average molecular weight is 1230 g/mol. The molecule has 2 aliphatic carbocycles. The zero-order valence-electron chi connectivity index (χ0n) is 46.4. The van der Waals surface area contributed by atoms with Crippen molar-refractivity contribution in [3.05, 3.63) is 51.7 Å². The summed E-state index contributed by atoms with van der Waals surface area (Å²) >= 11 is 5.33. The standard InChI is InChI=1S/C26H36N6O4S.C17H24IN5O3S.C9H14BNO3/c1-14(2)18-9-8-16(22(28-18)35-6)19-11-27-23-32(19)30-24(37-23)31-12-15-7-10-20(33)21(17(15)13-31)29-25(34)36-26(3,4)5;1-17(2,3)26-16(25)20-13-10-8-22(7-9(10)4-5-11(13)24)15-21-23-12(18)6-19-14(23)27-15;1-6(2)8-5-4-7(10(12)13)9(11-8)14-3/h8-9,11,14-15,17,20-21,33H,7,10,12-13H2,1-6H3,(H,29,34);6,9-11,13,24H,4-5,7-8H2,1-3H3,(H,20,25);4-6,12-13H,1-3H3/t15-,17+,20+,21+;9-,10+,11+,13+;/m11./s1. The van der Waals surface area contributed by atoms with Crippen molar-refractivity contribution in [2.75, 3.05) is 50.2 Å². The van der Waals surface area contributed by atoms with E-state index in [2.05, 4.69) is 81.9 Å². The van der Waals surface area contributed by atoms with Crippen molar-refractivity contribution in [1.82, 2.24) is 49.8 Å². The molecule has 4 aliphatic rings. The van der Waals surface area contributed by atoms with Crippen LogP contribution in [0.1, 0.15) is 118 Å². The summed E-state index contributed by atoms with van der Waals surface area (Å²) in [6, 6.07) is 6.76. The number of halogens is 1. The Bertz CT molecular complexity index is 3030. The topological polar surface area (TPSA) is 269 Å². The molecule has 22 nitrogen and oxygen atoms in total. The number of hydrogen-bond acceptors (Lipinski definition) is 20. The van der Waals surface area contributed by atoms with Crippen LogP contribution in [0.5, 0.6) is 11.8 Å². The third kappa shape index (κ3) is 13.7. The number of hydrogen-bond donors (Lipinski definition) is 6. The lowest BCUT2D eigenvalue weighted by Gasteiger charge is -2.37. The molecule has 6 N–H and O–H groups in total. The van der Waals surface area contributed by atoms with Crippen LogP contribution < -0.4 is 35.4 Å². The van der Waals surface area contributed by atoms with Gasteiger partial charge in [0.25, 0.3) is 0 Å². The Morgan fingerprint density at radius 2 is 1.14 bits per heavy atom. The maximum absolute atomic E-state index is 12.5. The molecule has 2 amide bonds. The molecule has 0 unspecified atom stereocenters. The first kappa shape index (κ1) is 59.0. The second-order valence-electron chi connectivity index (χ2n) is 23.0. The van der Waals surface area contributed by atoms with E-state index in [9.17, 15) is 19.8 Å². The van der Waals surface area contributed by atoms with E-state index in [1.54, 1.807) is 36.8 Å². The highest BCUT2D eigenvalue weighted by molar-refractivity contribution is 14.1. The largest absolute Gasteiger partial charge is 0.494 e. The molecule has 6 aromatic rings. The number of aromatic nitrogens is 8. The van der Waals surface area contributed by atoms with Crippen LogP contribution in [-0.4, -0.2) is 155 Å². The van der Waals surface area contributed by atoms with E-state index >= 15 is 0 Å². The minimum atomic E-state index is -1.54. The lowest BCUT2D eigenvalue weighted by Crippen LogP contribution is -2.54. The van der Waals surface area contributed by atoms with Crippen LogP contribution in [0, 0.1) is 27.4 Å². The molecule has 0 aromatic carbocycles. The summed E-state index contributed by atoms with van der Waals surface area (Å²) in [7, 11) is 1.54. The number of carbonyl (C=O) groups excluding carboxylic acids is 2. The van der Waals surface area contributed by atoms with Gasteiger partial charge in [-0.2, -0.15) is 4.52 Å². The zero-order valence-corrected chi connectivity index (χ0v) is 50.2. The fourth-order valence-corrected chi connectivity index (χ4v) is 13.0. The minimum Gasteiger partial charge on any atom is -0.481 e. The summed E-state index contributed by atoms with van der Waals surface area (Å²) in [5, 5.41) is 56.5. The summed E-state index contributed by atoms with van der Waals surface area (Å²) in [6.07, 6.45) is 4.72. The third-order valence-electron chi connectivity index (χ3n) is 14.3. The number of alkyl carbamates (subject to hydrolysis) is 2. The van der Waals surface area contributed by atoms with E-state index in [4.69, 9.17) is 34.1 Å². The van der Waals surface area contributed by atoms with Gasteiger partial charge in [0.1, 0.15) is 14.9 Å². The van der Waals surface area contributed by atoms with Gasteiger partial charge in [-0.15, -0.1) is 10.2 Å². The fraction of sp³-hybridized carbons (Fsp3) is 0.615. The Morgan fingerprint density at radius 1 is 0.679 bits per heavy atom. The predicted octanol–water partition coefficient (Wildman–Crippen LogP) is 6.47. The SMILES string of the molecule is CC(C)(C)OC(=O)N[C@H]1[C@H]2CN(c3nn4c(I)cnc4s3)C[C@H]2CC[C@@H]1O.COc1nc(C(C)C)ccc1-c1cnc2sc(N3C[C@H]4CC[C@H](O)[C@@H](NC(=O)OC(C)(C)C)[C@H]4C3)nn12.COc1nc(C(C)C)ccc1B(O)O. The molecule has 0 bridgehead atoms.